The Labute approximate surface area is 195 Å². The molecule has 2 aliphatic rings. The Morgan fingerprint density at radius 3 is 2.71 bits per heavy atom. The fourth-order valence-electron chi connectivity index (χ4n) is 4.25. The van der Waals surface area contributed by atoms with Crippen molar-refractivity contribution in [3.8, 4) is 0 Å². The summed E-state index contributed by atoms with van der Waals surface area (Å²) in [6, 6.07) is 7.69. The van der Waals surface area contributed by atoms with Gasteiger partial charge in [-0.05, 0) is 24.1 Å². The second-order valence-corrected chi connectivity index (χ2v) is 10.7. The summed E-state index contributed by atoms with van der Waals surface area (Å²) in [5.41, 5.74) is 2.16. The first-order valence-corrected chi connectivity index (χ1v) is 12.7. The number of rotatable bonds is 6. The Balaban J connectivity index is 1.48. The molecule has 8 nitrogen and oxygen atoms in total. The van der Waals surface area contributed by atoms with Gasteiger partial charge in [-0.15, -0.1) is 0 Å². The molecule has 1 aromatic carbocycles. The molecule has 1 fully saturated rings. The van der Waals surface area contributed by atoms with E-state index in [1.54, 1.807) is 35.2 Å². The number of benzene rings is 1. The molecule has 5 rings (SSSR count). The van der Waals surface area contributed by atoms with E-state index in [4.69, 9.17) is 9.52 Å². The van der Waals surface area contributed by atoms with Crippen molar-refractivity contribution in [1.82, 2.24) is 15.1 Å². The molecular formula is C23H21F2N5O3S. The van der Waals surface area contributed by atoms with Crippen LogP contribution in [0.15, 0.2) is 58.4 Å². The smallest absolute Gasteiger partial charge is 0.183 e. The van der Waals surface area contributed by atoms with Crippen LogP contribution in [-0.2, 0) is 16.3 Å². The summed E-state index contributed by atoms with van der Waals surface area (Å²) in [6.45, 7) is 0.530. The Bertz CT molecular complexity index is 1390. The van der Waals surface area contributed by atoms with Gasteiger partial charge in [-0.3, -0.25) is 4.99 Å². The minimum atomic E-state index is -3.24. The fraction of sp³-hybridized carbons (Fsp3) is 0.304. The number of hydrogen-bond acceptors (Lipinski definition) is 8. The molecule has 0 saturated carbocycles. The van der Waals surface area contributed by atoms with E-state index in [1.165, 1.54) is 18.6 Å². The lowest BCUT2D eigenvalue weighted by atomic mass is 9.98. The number of aliphatic imine (C=N–C) groups is 1. The molecule has 176 valence electrons. The molecule has 11 heteroatoms. The van der Waals surface area contributed by atoms with Crippen LogP contribution in [0.4, 0.5) is 14.6 Å². The normalized spacial score (nSPS) is 20.5. The number of anilines is 1. The van der Waals surface area contributed by atoms with E-state index in [0.717, 1.165) is 6.20 Å². The molecule has 3 aromatic rings. The average Bonchev–Trinajstić information content (AvgIpc) is 3.56. The van der Waals surface area contributed by atoms with Crippen LogP contribution in [-0.4, -0.2) is 59.9 Å². The molecule has 0 spiro atoms. The summed E-state index contributed by atoms with van der Waals surface area (Å²) in [5.74, 6) is -0.746. The first-order chi connectivity index (χ1) is 16.3. The van der Waals surface area contributed by atoms with Crippen LogP contribution in [0.2, 0.25) is 0 Å². The molecule has 2 unspecified atom stereocenters. The third kappa shape index (κ3) is 4.35. The molecule has 2 atom stereocenters. The van der Waals surface area contributed by atoms with Gasteiger partial charge < -0.3 is 9.42 Å². The number of aromatic nitrogens is 3. The number of halogens is 2. The maximum Gasteiger partial charge on any atom is 0.183 e. The summed E-state index contributed by atoms with van der Waals surface area (Å²) in [7, 11) is -3.24. The third-order valence-corrected chi connectivity index (χ3v) is 7.65. The van der Waals surface area contributed by atoms with Crippen molar-refractivity contribution < 1.29 is 21.7 Å². The maximum atomic E-state index is 14.6. The summed E-state index contributed by atoms with van der Waals surface area (Å²) >= 11 is 0. The van der Waals surface area contributed by atoms with Crippen LogP contribution < -0.4 is 4.90 Å². The van der Waals surface area contributed by atoms with Crippen LogP contribution in [0.3, 0.4) is 0 Å². The highest BCUT2D eigenvalue weighted by Crippen LogP contribution is 2.30. The minimum Gasteiger partial charge on any atom is -0.364 e. The van der Waals surface area contributed by atoms with E-state index >= 15 is 0 Å². The second-order valence-electron chi connectivity index (χ2n) is 8.36. The number of sulfone groups is 1. The molecule has 0 N–H and O–H groups in total. The summed E-state index contributed by atoms with van der Waals surface area (Å²) in [6.07, 6.45) is 6.10. The minimum absolute atomic E-state index is 0.0350. The van der Waals surface area contributed by atoms with Crippen molar-refractivity contribution in [3.05, 3.63) is 77.6 Å². The molecule has 2 aromatic heterocycles. The highest BCUT2D eigenvalue weighted by atomic mass is 32.2. The van der Waals surface area contributed by atoms with E-state index in [9.17, 15) is 17.2 Å². The zero-order chi connectivity index (χ0) is 23.9. The van der Waals surface area contributed by atoms with E-state index in [-0.39, 0.29) is 30.4 Å². The van der Waals surface area contributed by atoms with Gasteiger partial charge in [-0.1, -0.05) is 23.4 Å². The van der Waals surface area contributed by atoms with Crippen LogP contribution in [0.25, 0.3) is 5.57 Å². The molecule has 0 aliphatic carbocycles. The fourth-order valence-corrected chi connectivity index (χ4v) is 5.23. The molecule has 34 heavy (non-hydrogen) atoms. The van der Waals surface area contributed by atoms with Crippen LogP contribution >= 0.6 is 0 Å². The topological polar surface area (TPSA) is 102 Å². The predicted molar refractivity (Wildman–Crippen MR) is 122 cm³/mol. The number of nitrogens with zero attached hydrogens (tertiary/aromatic N) is 5. The number of allylic oxidation sites excluding steroid dienone is 1. The van der Waals surface area contributed by atoms with Gasteiger partial charge in [0, 0.05) is 37.4 Å². The summed E-state index contributed by atoms with van der Waals surface area (Å²) in [4.78, 5) is 14.8. The summed E-state index contributed by atoms with van der Waals surface area (Å²) < 4.78 is 57.7. The standard InChI is InChI=1S/C23H21F2N5O3S/c1-34(31,32)15-6-8-30(13-15)23-18(25)12-26-22(28-23)21-11-16(19-7-9-33-29-19)20(27-21)10-14-4-2-3-5-17(14)24/h2-5,7,9,11-12,15,20H,6,8,10,13H2,1H3. The van der Waals surface area contributed by atoms with Gasteiger partial charge in [0.05, 0.1) is 17.5 Å². The van der Waals surface area contributed by atoms with E-state index in [0.29, 0.717) is 35.5 Å². The van der Waals surface area contributed by atoms with E-state index < -0.39 is 26.9 Å². The summed E-state index contributed by atoms with van der Waals surface area (Å²) in [5, 5.41) is 3.42. The third-order valence-electron chi connectivity index (χ3n) is 6.06. The molecule has 1 saturated heterocycles. The molecule has 4 heterocycles. The average molecular weight is 486 g/mol. The molecule has 2 aliphatic heterocycles. The lowest BCUT2D eigenvalue weighted by Crippen LogP contribution is -2.28. The highest BCUT2D eigenvalue weighted by Gasteiger charge is 2.33. The number of hydrogen-bond donors (Lipinski definition) is 0. The van der Waals surface area contributed by atoms with Gasteiger partial charge in [0.2, 0.25) is 0 Å². The highest BCUT2D eigenvalue weighted by molar-refractivity contribution is 7.91. The van der Waals surface area contributed by atoms with Gasteiger partial charge >= 0.3 is 0 Å². The Hall–Kier alpha value is -3.47. The predicted octanol–water partition coefficient (Wildman–Crippen LogP) is 2.86. The van der Waals surface area contributed by atoms with E-state index in [1.807, 2.05) is 0 Å². The monoisotopic (exact) mass is 485 g/mol. The Kier molecular flexibility index (Phi) is 5.72. The molecule has 0 amide bonds. The van der Waals surface area contributed by atoms with Gasteiger partial charge in [-0.2, -0.15) is 0 Å². The van der Waals surface area contributed by atoms with Gasteiger partial charge in [0.1, 0.15) is 23.5 Å². The first-order valence-electron chi connectivity index (χ1n) is 10.7. The van der Waals surface area contributed by atoms with Crippen molar-refractivity contribution >= 4 is 26.9 Å². The van der Waals surface area contributed by atoms with Crippen LogP contribution in [0.5, 0.6) is 0 Å². The SMILES string of the molecule is CS(=O)(=O)C1CCN(c2nc(C3=NC(Cc4ccccc4F)C(c4ccon4)=C3)ncc2F)C1. The zero-order valence-corrected chi connectivity index (χ0v) is 19.0. The maximum absolute atomic E-state index is 14.6. The van der Waals surface area contributed by atoms with Crippen molar-refractivity contribution in [2.45, 2.75) is 24.1 Å². The molecule has 0 bridgehead atoms. The van der Waals surface area contributed by atoms with Crippen molar-refractivity contribution in [2.75, 3.05) is 24.2 Å². The lowest BCUT2D eigenvalue weighted by molar-refractivity contribution is 0.417. The van der Waals surface area contributed by atoms with E-state index in [2.05, 4.69) is 15.1 Å². The molecule has 0 radical (unpaired) electrons. The van der Waals surface area contributed by atoms with Gasteiger partial charge in [0.25, 0.3) is 0 Å². The van der Waals surface area contributed by atoms with Crippen molar-refractivity contribution in [1.29, 1.82) is 0 Å². The Morgan fingerprint density at radius 2 is 2.00 bits per heavy atom. The first kappa shape index (κ1) is 22.3. The van der Waals surface area contributed by atoms with Crippen LogP contribution in [0.1, 0.15) is 23.5 Å². The van der Waals surface area contributed by atoms with Crippen molar-refractivity contribution in [3.63, 3.8) is 0 Å². The van der Waals surface area contributed by atoms with Gasteiger partial charge in [0.15, 0.2) is 27.3 Å². The van der Waals surface area contributed by atoms with Crippen LogP contribution in [0, 0.1) is 11.6 Å². The largest absolute Gasteiger partial charge is 0.364 e. The molecular weight excluding hydrogens is 464 g/mol. The zero-order valence-electron chi connectivity index (χ0n) is 18.2. The second kappa shape index (κ2) is 8.71. The van der Waals surface area contributed by atoms with Gasteiger partial charge in [-0.25, -0.2) is 27.2 Å². The quantitative estimate of drug-likeness (QED) is 0.529. The Morgan fingerprint density at radius 1 is 1.18 bits per heavy atom. The van der Waals surface area contributed by atoms with Crippen molar-refractivity contribution in [2.24, 2.45) is 4.99 Å². The lowest BCUT2D eigenvalue weighted by Gasteiger charge is -2.18.